The third-order valence-corrected chi connectivity index (χ3v) is 2.24. The summed E-state index contributed by atoms with van der Waals surface area (Å²) in [4.78, 5) is 3.97. The van der Waals surface area contributed by atoms with Crippen molar-refractivity contribution in [1.82, 2.24) is 10.3 Å². The maximum absolute atomic E-state index is 5.92. The van der Waals surface area contributed by atoms with Crippen LogP contribution in [0.4, 0.5) is 0 Å². The SMILES string of the molecule is CC(C)(C)NCc1ccc(Cl)nc1Cl. The summed E-state index contributed by atoms with van der Waals surface area (Å²) < 4.78 is 0. The Morgan fingerprint density at radius 2 is 1.93 bits per heavy atom. The number of hydrogen-bond acceptors (Lipinski definition) is 2. The standard InChI is InChI=1S/C10H14Cl2N2/c1-10(2,3)13-6-7-4-5-8(11)14-9(7)12/h4-5,13H,6H2,1-3H3. The van der Waals surface area contributed by atoms with Gasteiger partial charge in [0, 0.05) is 17.6 Å². The predicted octanol–water partition coefficient (Wildman–Crippen LogP) is 3.28. The van der Waals surface area contributed by atoms with Gasteiger partial charge in [-0.15, -0.1) is 0 Å². The normalized spacial score (nSPS) is 11.8. The van der Waals surface area contributed by atoms with Crippen molar-refractivity contribution < 1.29 is 0 Å². The lowest BCUT2D eigenvalue weighted by atomic mass is 10.1. The molecule has 0 aromatic carbocycles. The van der Waals surface area contributed by atoms with Crippen LogP contribution in [0, 0.1) is 0 Å². The van der Waals surface area contributed by atoms with Crippen LogP contribution in [0.5, 0.6) is 0 Å². The van der Waals surface area contributed by atoms with Gasteiger partial charge in [0.1, 0.15) is 10.3 Å². The molecule has 1 aromatic rings. The van der Waals surface area contributed by atoms with Crippen molar-refractivity contribution in [3.63, 3.8) is 0 Å². The molecule has 0 saturated carbocycles. The van der Waals surface area contributed by atoms with Crippen molar-refractivity contribution in [2.24, 2.45) is 0 Å². The first-order valence-corrected chi connectivity index (χ1v) is 5.20. The van der Waals surface area contributed by atoms with E-state index in [2.05, 4.69) is 31.1 Å². The molecule has 78 valence electrons. The Hall–Kier alpha value is -0.310. The molecule has 0 fully saturated rings. The van der Waals surface area contributed by atoms with Gasteiger partial charge in [-0.1, -0.05) is 29.3 Å². The Morgan fingerprint density at radius 1 is 1.29 bits per heavy atom. The van der Waals surface area contributed by atoms with Gasteiger partial charge in [-0.3, -0.25) is 0 Å². The summed E-state index contributed by atoms with van der Waals surface area (Å²) in [6, 6.07) is 3.63. The van der Waals surface area contributed by atoms with Crippen LogP contribution >= 0.6 is 23.2 Å². The molecule has 0 atom stereocenters. The summed E-state index contributed by atoms with van der Waals surface area (Å²) >= 11 is 11.6. The molecule has 0 unspecified atom stereocenters. The van der Waals surface area contributed by atoms with Gasteiger partial charge in [0.15, 0.2) is 0 Å². The highest BCUT2D eigenvalue weighted by molar-refractivity contribution is 6.32. The molecule has 1 rings (SSSR count). The summed E-state index contributed by atoms with van der Waals surface area (Å²) in [6.07, 6.45) is 0. The zero-order valence-electron chi connectivity index (χ0n) is 8.56. The fraction of sp³-hybridized carbons (Fsp3) is 0.500. The highest BCUT2D eigenvalue weighted by Gasteiger charge is 2.10. The highest BCUT2D eigenvalue weighted by atomic mass is 35.5. The average molecular weight is 233 g/mol. The fourth-order valence-electron chi connectivity index (χ4n) is 0.933. The van der Waals surface area contributed by atoms with E-state index in [0.717, 1.165) is 5.56 Å². The van der Waals surface area contributed by atoms with E-state index in [1.807, 2.05) is 6.07 Å². The minimum atomic E-state index is 0.0724. The number of pyridine rings is 1. The van der Waals surface area contributed by atoms with Crippen LogP contribution in [0.1, 0.15) is 26.3 Å². The lowest BCUT2D eigenvalue weighted by Crippen LogP contribution is -2.35. The van der Waals surface area contributed by atoms with Crippen LogP contribution < -0.4 is 5.32 Å². The molecular weight excluding hydrogens is 219 g/mol. The van der Waals surface area contributed by atoms with E-state index in [4.69, 9.17) is 23.2 Å². The van der Waals surface area contributed by atoms with Gasteiger partial charge in [0.25, 0.3) is 0 Å². The highest BCUT2D eigenvalue weighted by Crippen LogP contribution is 2.17. The van der Waals surface area contributed by atoms with Crippen LogP contribution in [-0.4, -0.2) is 10.5 Å². The number of aromatic nitrogens is 1. The summed E-state index contributed by atoms with van der Waals surface area (Å²) in [5.41, 5.74) is 1.04. The second-order valence-electron chi connectivity index (χ2n) is 4.19. The third-order valence-electron chi connectivity index (χ3n) is 1.70. The molecule has 0 aliphatic rings. The monoisotopic (exact) mass is 232 g/mol. The maximum atomic E-state index is 5.92. The first-order chi connectivity index (χ1) is 6.38. The van der Waals surface area contributed by atoms with Crippen LogP contribution in [0.3, 0.4) is 0 Å². The molecule has 0 amide bonds. The van der Waals surface area contributed by atoms with E-state index < -0.39 is 0 Å². The summed E-state index contributed by atoms with van der Waals surface area (Å²) in [5.74, 6) is 0. The molecule has 1 N–H and O–H groups in total. The minimum absolute atomic E-state index is 0.0724. The quantitative estimate of drug-likeness (QED) is 0.793. The maximum Gasteiger partial charge on any atom is 0.135 e. The Labute approximate surface area is 94.6 Å². The van der Waals surface area contributed by atoms with E-state index in [1.54, 1.807) is 6.07 Å². The molecule has 1 heterocycles. The molecule has 0 aliphatic carbocycles. The zero-order valence-corrected chi connectivity index (χ0v) is 10.1. The van der Waals surface area contributed by atoms with E-state index >= 15 is 0 Å². The molecule has 0 bridgehead atoms. The zero-order chi connectivity index (χ0) is 10.8. The molecular formula is C10H14Cl2N2. The molecule has 0 spiro atoms. The topological polar surface area (TPSA) is 24.9 Å². The van der Waals surface area contributed by atoms with E-state index in [-0.39, 0.29) is 5.54 Å². The molecule has 2 nitrogen and oxygen atoms in total. The molecule has 0 aliphatic heterocycles. The van der Waals surface area contributed by atoms with Crippen molar-refractivity contribution in [3.05, 3.63) is 28.0 Å². The lowest BCUT2D eigenvalue weighted by molar-refractivity contribution is 0.424. The number of rotatable bonds is 2. The second kappa shape index (κ2) is 4.47. The molecule has 0 saturated heterocycles. The van der Waals surface area contributed by atoms with Gasteiger partial charge in [0.05, 0.1) is 0 Å². The van der Waals surface area contributed by atoms with Gasteiger partial charge >= 0.3 is 0 Å². The van der Waals surface area contributed by atoms with Gasteiger partial charge < -0.3 is 5.32 Å². The Bertz CT molecular complexity index is 318. The van der Waals surface area contributed by atoms with Gasteiger partial charge in [0.2, 0.25) is 0 Å². The Kier molecular flexibility index (Phi) is 3.76. The Balaban J connectivity index is 2.68. The lowest BCUT2D eigenvalue weighted by Gasteiger charge is -2.20. The van der Waals surface area contributed by atoms with Crippen molar-refractivity contribution in [3.8, 4) is 0 Å². The van der Waals surface area contributed by atoms with Gasteiger partial charge in [-0.2, -0.15) is 0 Å². The van der Waals surface area contributed by atoms with Crippen LogP contribution in [0.15, 0.2) is 12.1 Å². The van der Waals surface area contributed by atoms with E-state index in [0.29, 0.717) is 16.9 Å². The molecule has 1 aromatic heterocycles. The first-order valence-electron chi connectivity index (χ1n) is 4.44. The van der Waals surface area contributed by atoms with Gasteiger partial charge in [-0.25, -0.2) is 4.98 Å². The van der Waals surface area contributed by atoms with Crippen molar-refractivity contribution >= 4 is 23.2 Å². The third kappa shape index (κ3) is 3.82. The van der Waals surface area contributed by atoms with E-state index in [1.165, 1.54) is 0 Å². The summed E-state index contributed by atoms with van der Waals surface area (Å²) in [6.45, 7) is 7.01. The molecule has 14 heavy (non-hydrogen) atoms. The molecule has 4 heteroatoms. The number of nitrogens with one attached hydrogen (secondary N) is 1. The summed E-state index contributed by atoms with van der Waals surface area (Å²) in [5, 5.41) is 4.22. The van der Waals surface area contributed by atoms with Crippen molar-refractivity contribution in [1.29, 1.82) is 0 Å². The predicted molar refractivity (Wildman–Crippen MR) is 60.8 cm³/mol. The first kappa shape index (κ1) is 11.8. The smallest absolute Gasteiger partial charge is 0.135 e. The molecule has 0 radical (unpaired) electrons. The largest absolute Gasteiger partial charge is 0.308 e. The number of nitrogens with zero attached hydrogens (tertiary/aromatic N) is 1. The average Bonchev–Trinajstić information content (AvgIpc) is 2.00. The minimum Gasteiger partial charge on any atom is -0.308 e. The van der Waals surface area contributed by atoms with Gasteiger partial charge in [-0.05, 0) is 26.8 Å². The van der Waals surface area contributed by atoms with Crippen LogP contribution in [0.2, 0.25) is 10.3 Å². The van der Waals surface area contributed by atoms with Crippen molar-refractivity contribution in [2.75, 3.05) is 0 Å². The number of halogens is 2. The second-order valence-corrected chi connectivity index (χ2v) is 4.93. The van der Waals surface area contributed by atoms with Crippen LogP contribution in [0.25, 0.3) is 0 Å². The van der Waals surface area contributed by atoms with Crippen molar-refractivity contribution in [2.45, 2.75) is 32.9 Å². The summed E-state index contributed by atoms with van der Waals surface area (Å²) in [7, 11) is 0. The Morgan fingerprint density at radius 3 is 2.43 bits per heavy atom. The fourth-order valence-corrected chi connectivity index (χ4v) is 1.34. The van der Waals surface area contributed by atoms with Crippen LogP contribution in [-0.2, 0) is 6.54 Å². The number of hydrogen-bond donors (Lipinski definition) is 1. The van der Waals surface area contributed by atoms with E-state index in [9.17, 15) is 0 Å².